The molecular weight excluding hydrogens is 334 g/mol. The molecule has 1 aliphatic heterocycles. The number of nitrogens with zero attached hydrogens (tertiary/aromatic N) is 3. The molecule has 2 aromatic carbocycles. The van der Waals surface area contributed by atoms with Crippen LogP contribution in [0.15, 0.2) is 54.6 Å². The third-order valence-electron chi connectivity index (χ3n) is 4.35. The van der Waals surface area contributed by atoms with E-state index in [9.17, 15) is 14.9 Å². The maximum absolute atomic E-state index is 12.3. The molecule has 1 aromatic heterocycles. The summed E-state index contributed by atoms with van der Waals surface area (Å²) in [7, 11) is 0. The van der Waals surface area contributed by atoms with Crippen molar-refractivity contribution in [2.45, 2.75) is 13.0 Å². The van der Waals surface area contributed by atoms with Crippen LogP contribution in [-0.4, -0.2) is 20.7 Å². The largest absolute Gasteiger partial charge is 0.326 e. The van der Waals surface area contributed by atoms with Crippen molar-refractivity contribution in [2.24, 2.45) is 0 Å². The van der Waals surface area contributed by atoms with Gasteiger partial charge in [-0.3, -0.25) is 15.4 Å². The van der Waals surface area contributed by atoms with Crippen molar-refractivity contribution in [3.05, 3.63) is 81.5 Å². The SMILES string of the molecule is Cc1nn(-c2ccccc2)c2c1C(c1ccccc1[N+](=O)[O-])NC(=O)N2. The normalized spacial score (nSPS) is 15.7. The smallest absolute Gasteiger partial charge is 0.321 e. The lowest BCUT2D eigenvalue weighted by atomic mass is 9.96. The number of para-hydroxylation sites is 2. The van der Waals surface area contributed by atoms with E-state index in [0.717, 1.165) is 5.69 Å². The first-order valence-corrected chi connectivity index (χ1v) is 8.02. The summed E-state index contributed by atoms with van der Waals surface area (Å²) in [5, 5.41) is 21.5. The van der Waals surface area contributed by atoms with E-state index >= 15 is 0 Å². The molecule has 1 unspecified atom stereocenters. The van der Waals surface area contributed by atoms with E-state index in [1.54, 1.807) is 22.9 Å². The van der Waals surface area contributed by atoms with E-state index in [-0.39, 0.29) is 5.69 Å². The lowest BCUT2D eigenvalue weighted by Crippen LogP contribution is -2.39. The Hall–Kier alpha value is -3.68. The number of carbonyl (C=O) groups is 1. The summed E-state index contributed by atoms with van der Waals surface area (Å²) in [5.74, 6) is 0.514. The number of nitro groups is 1. The second-order valence-electron chi connectivity index (χ2n) is 5.94. The van der Waals surface area contributed by atoms with Crippen LogP contribution in [0.25, 0.3) is 5.69 Å². The first kappa shape index (κ1) is 15.8. The molecule has 0 aliphatic carbocycles. The molecule has 2 N–H and O–H groups in total. The molecule has 0 radical (unpaired) electrons. The van der Waals surface area contributed by atoms with E-state index < -0.39 is 17.0 Å². The van der Waals surface area contributed by atoms with Crippen LogP contribution >= 0.6 is 0 Å². The van der Waals surface area contributed by atoms with E-state index in [1.165, 1.54) is 6.07 Å². The summed E-state index contributed by atoms with van der Waals surface area (Å²) in [6.07, 6.45) is 0. The topological polar surface area (TPSA) is 102 Å². The Bertz CT molecular complexity index is 1010. The Labute approximate surface area is 148 Å². The molecule has 0 saturated carbocycles. The van der Waals surface area contributed by atoms with Crippen LogP contribution in [0.3, 0.4) is 0 Å². The fourth-order valence-electron chi connectivity index (χ4n) is 3.24. The monoisotopic (exact) mass is 349 g/mol. The van der Waals surface area contributed by atoms with E-state index in [2.05, 4.69) is 15.7 Å². The average molecular weight is 349 g/mol. The van der Waals surface area contributed by atoms with Gasteiger partial charge < -0.3 is 5.32 Å². The van der Waals surface area contributed by atoms with Gasteiger partial charge in [0, 0.05) is 11.6 Å². The molecule has 0 fully saturated rings. The van der Waals surface area contributed by atoms with Crippen molar-refractivity contribution in [1.29, 1.82) is 0 Å². The number of benzene rings is 2. The molecule has 3 aromatic rings. The van der Waals surface area contributed by atoms with Gasteiger partial charge >= 0.3 is 6.03 Å². The van der Waals surface area contributed by atoms with Crippen molar-refractivity contribution in [2.75, 3.05) is 5.32 Å². The number of anilines is 1. The van der Waals surface area contributed by atoms with E-state index in [1.807, 2.05) is 37.3 Å². The zero-order valence-corrected chi connectivity index (χ0v) is 13.8. The number of hydrogen-bond donors (Lipinski definition) is 2. The molecule has 0 saturated heterocycles. The fraction of sp³-hybridized carbons (Fsp3) is 0.111. The number of urea groups is 1. The van der Waals surface area contributed by atoms with Gasteiger partial charge in [0.05, 0.1) is 27.9 Å². The number of aromatic nitrogens is 2. The number of nitrogens with one attached hydrogen (secondary N) is 2. The Balaban J connectivity index is 1.92. The van der Waals surface area contributed by atoms with Crippen LogP contribution in [0.5, 0.6) is 0 Å². The number of nitro benzene ring substituents is 1. The highest BCUT2D eigenvalue weighted by atomic mass is 16.6. The summed E-state index contributed by atoms with van der Waals surface area (Å²) in [5.41, 5.74) is 2.56. The molecule has 2 amide bonds. The molecule has 130 valence electrons. The number of fused-ring (bicyclic) bond motifs is 1. The van der Waals surface area contributed by atoms with Gasteiger partial charge in [-0.25, -0.2) is 9.48 Å². The second-order valence-corrected chi connectivity index (χ2v) is 5.94. The lowest BCUT2D eigenvalue weighted by Gasteiger charge is -2.26. The van der Waals surface area contributed by atoms with Gasteiger partial charge in [0.1, 0.15) is 5.82 Å². The van der Waals surface area contributed by atoms with E-state index in [4.69, 9.17) is 0 Å². The minimum absolute atomic E-state index is 0.0440. The maximum Gasteiger partial charge on any atom is 0.321 e. The van der Waals surface area contributed by atoms with Crippen molar-refractivity contribution >= 4 is 17.5 Å². The Kier molecular flexibility index (Phi) is 3.65. The van der Waals surface area contributed by atoms with Crippen molar-refractivity contribution in [3.8, 4) is 5.69 Å². The molecule has 1 aliphatic rings. The van der Waals surface area contributed by atoms with Crippen molar-refractivity contribution < 1.29 is 9.72 Å². The number of rotatable bonds is 3. The quantitative estimate of drug-likeness (QED) is 0.559. The van der Waals surface area contributed by atoms with Gasteiger partial charge in [-0.05, 0) is 25.1 Å². The molecular formula is C18H15N5O3. The Morgan fingerprint density at radius 3 is 2.54 bits per heavy atom. The Morgan fingerprint density at radius 2 is 1.81 bits per heavy atom. The van der Waals surface area contributed by atoms with Crippen LogP contribution in [0.1, 0.15) is 22.9 Å². The predicted octanol–water partition coefficient (Wildman–Crippen LogP) is 3.31. The predicted molar refractivity (Wildman–Crippen MR) is 95.4 cm³/mol. The molecule has 0 bridgehead atoms. The summed E-state index contributed by atoms with van der Waals surface area (Å²) < 4.78 is 1.64. The molecule has 26 heavy (non-hydrogen) atoms. The van der Waals surface area contributed by atoms with Crippen LogP contribution in [0.2, 0.25) is 0 Å². The standard InChI is InChI=1S/C18H15N5O3/c1-11-15-16(13-9-5-6-10-14(13)23(25)26)19-18(24)20-17(15)22(21-11)12-7-3-2-4-8-12/h2-10,16H,1H3,(H2,19,20,24). The summed E-state index contributed by atoms with van der Waals surface area (Å²) in [6.45, 7) is 1.82. The molecule has 4 rings (SSSR count). The van der Waals surface area contributed by atoms with Crippen LogP contribution < -0.4 is 10.6 Å². The molecule has 8 heteroatoms. The van der Waals surface area contributed by atoms with Crippen LogP contribution in [-0.2, 0) is 0 Å². The molecule has 0 spiro atoms. The van der Waals surface area contributed by atoms with Gasteiger partial charge in [0.2, 0.25) is 0 Å². The third-order valence-corrected chi connectivity index (χ3v) is 4.35. The van der Waals surface area contributed by atoms with Crippen molar-refractivity contribution in [3.63, 3.8) is 0 Å². The van der Waals surface area contributed by atoms with Gasteiger partial charge in [0.15, 0.2) is 0 Å². The average Bonchev–Trinajstić information content (AvgIpc) is 2.98. The fourth-order valence-corrected chi connectivity index (χ4v) is 3.24. The number of aryl methyl sites for hydroxylation is 1. The zero-order chi connectivity index (χ0) is 18.3. The minimum atomic E-state index is -0.655. The summed E-state index contributed by atoms with van der Waals surface area (Å²) in [4.78, 5) is 23.2. The maximum atomic E-state index is 12.3. The zero-order valence-electron chi connectivity index (χ0n) is 13.8. The highest BCUT2D eigenvalue weighted by Crippen LogP contribution is 2.38. The Morgan fingerprint density at radius 1 is 1.12 bits per heavy atom. The number of carbonyl (C=O) groups excluding carboxylic acids is 1. The lowest BCUT2D eigenvalue weighted by molar-refractivity contribution is -0.385. The van der Waals surface area contributed by atoms with Crippen molar-refractivity contribution in [1.82, 2.24) is 15.1 Å². The highest BCUT2D eigenvalue weighted by molar-refractivity contribution is 5.93. The first-order chi connectivity index (χ1) is 12.6. The molecule has 8 nitrogen and oxygen atoms in total. The summed E-state index contributed by atoms with van der Waals surface area (Å²) >= 11 is 0. The van der Waals surface area contributed by atoms with Gasteiger partial charge in [-0.1, -0.05) is 30.3 Å². The van der Waals surface area contributed by atoms with Crippen LogP contribution in [0.4, 0.5) is 16.3 Å². The molecule has 1 atom stereocenters. The second kappa shape index (κ2) is 5.99. The summed E-state index contributed by atoms with van der Waals surface area (Å²) in [6, 6.07) is 14.7. The highest BCUT2D eigenvalue weighted by Gasteiger charge is 2.35. The van der Waals surface area contributed by atoms with Gasteiger partial charge in [-0.15, -0.1) is 0 Å². The first-order valence-electron chi connectivity index (χ1n) is 8.02. The third kappa shape index (κ3) is 2.48. The van der Waals surface area contributed by atoms with Gasteiger partial charge in [-0.2, -0.15) is 5.10 Å². The minimum Gasteiger partial charge on any atom is -0.326 e. The number of amides is 2. The van der Waals surface area contributed by atoms with Crippen LogP contribution in [0, 0.1) is 17.0 Å². The number of hydrogen-bond acceptors (Lipinski definition) is 4. The van der Waals surface area contributed by atoms with E-state index in [0.29, 0.717) is 22.6 Å². The molecule has 2 heterocycles. The van der Waals surface area contributed by atoms with Gasteiger partial charge in [0.25, 0.3) is 5.69 Å².